The molecule has 0 fully saturated rings. The van der Waals surface area contributed by atoms with E-state index in [1.165, 1.54) is 18.4 Å². The number of carbonyl (C=O) groups excluding carboxylic acids is 1. The number of furan rings is 1. The minimum Gasteiger partial charge on any atom is -0.513 e. The fraction of sp³-hybridized carbons (Fsp3) is 0. The highest BCUT2D eigenvalue weighted by Crippen LogP contribution is 2.13. The standard InChI is InChI=1S/C15H12N2O3/c18-11-14(17-16-12-5-2-1-3-6-12)15(19)9-8-13-7-4-10-20-13/h1-11,18H/b9-8+,14-11+,17-16?. The summed E-state index contributed by atoms with van der Waals surface area (Å²) in [7, 11) is 0. The Balaban J connectivity index is 2.05. The van der Waals surface area contributed by atoms with Gasteiger partial charge in [-0.2, -0.15) is 5.11 Å². The Hall–Kier alpha value is -2.95. The van der Waals surface area contributed by atoms with Crippen molar-refractivity contribution in [2.24, 2.45) is 10.2 Å². The van der Waals surface area contributed by atoms with E-state index in [4.69, 9.17) is 9.52 Å². The lowest BCUT2D eigenvalue weighted by molar-refractivity contribution is -0.111. The summed E-state index contributed by atoms with van der Waals surface area (Å²) in [5, 5.41) is 16.6. The van der Waals surface area contributed by atoms with Crippen LogP contribution in [0.5, 0.6) is 0 Å². The Bertz CT molecular complexity index is 641. The number of carbonyl (C=O) groups is 1. The quantitative estimate of drug-likeness (QED) is 0.505. The summed E-state index contributed by atoms with van der Waals surface area (Å²) in [6.45, 7) is 0. The van der Waals surface area contributed by atoms with Gasteiger partial charge in [0.2, 0.25) is 5.78 Å². The molecule has 0 saturated carbocycles. The van der Waals surface area contributed by atoms with Crippen molar-refractivity contribution in [1.29, 1.82) is 0 Å². The van der Waals surface area contributed by atoms with Crippen LogP contribution in [-0.4, -0.2) is 10.9 Å². The first kappa shape index (κ1) is 13.5. The summed E-state index contributed by atoms with van der Waals surface area (Å²) >= 11 is 0. The third-order valence-electron chi connectivity index (χ3n) is 2.35. The number of hydrogen-bond donors (Lipinski definition) is 1. The van der Waals surface area contributed by atoms with Gasteiger partial charge in [-0.15, -0.1) is 5.11 Å². The molecule has 0 bridgehead atoms. The molecule has 20 heavy (non-hydrogen) atoms. The molecule has 1 N–H and O–H groups in total. The van der Waals surface area contributed by atoms with E-state index in [1.54, 1.807) is 36.4 Å². The molecule has 100 valence electrons. The third-order valence-corrected chi connectivity index (χ3v) is 2.35. The maximum Gasteiger partial charge on any atom is 0.209 e. The fourth-order valence-electron chi connectivity index (χ4n) is 1.37. The first-order chi connectivity index (χ1) is 9.79. The summed E-state index contributed by atoms with van der Waals surface area (Å²) in [4.78, 5) is 11.8. The predicted molar refractivity (Wildman–Crippen MR) is 74.4 cm³/mol. The van der Waals surface area contributed by atoms with E-state index in [9.17, 15) is 4.79 Å². The van der Waals surface area contributed by atoms with Crippen molar-refractivity contribution in [2.75, 3.05) is 0 Å². The van der Waals surface area contributed by atoms with Crippen LogP contribution in [0.15, 0.2) is 81.4 Å². The molecule has 1 aromatic carbocycles. The van der Waals surface area contributed by atoms with Crippen LogP contribution < -0.4 is 0 Å². The second-order valence-electron chi connectivity index (χ2n) is 3.76. The molecule has 0 atom stereocenters. The van der Waals surface area contributed by atoms with Crippen molar-refractivity contribution in [2.45, 2.75) is 0 Å². The van der Waals surface area contributed by atoms with Crippen molar-refractivity contribution in [3.05, 3.63) is 72.5 Å². The van der Waals surface area contributed by atoms with Gasteiger partial charge in [-0.1, -0.05) is 18.2 Å². The Morgan fingerprint density at radius 2 is 1.95 bits per heavy atom. The van der Waals surface area contributed by atoms with Crippen LogP contribution in [-0.2, 0) is 4.79 Å². The Kier molecular flexibility index (Phi) is 4.61. The maximum atomic E-state index is 11.8. The molecule has 0 amide bonds. The molecule has 0 aliphatic carbocycles. The lowest BCUT2D eigenvalue weighted by Gasteiger charge is -1.93. The highest BCUT2D eigenvalue weighted by atomic mass is 16.3. The average molecular weight is 268 g/mol. The molecule has 0 aliphatic rings. The molecule has 1 heterocycles. The number of hydrogen-bond acceptors (Lipinski definition) is 5. The van der Waals surface area contributed by atoms with Gasteiger partial charge in [0.25, 0.3) is 0 Å². The number of azo groups is 1. The zero-order valence-corrected chi connectivity index (χ0v) is 10.5. The first-order valence-electron chi connectivity index (χ1n) is 5.86. The molecule has 0 radical (unpaired) electrons. The van der Waals surface area contributed by atoms with Crippen molar-refractivity contribution in [1.82, 2.24) is 0 Å². The molecular weight excluding hydrogens is 256 g/mol. The number of ketones is 1. The summed E-state index contributed by atoms with van der Waals surface area (Å²) < 4.78 is 5.05. The number of aliphatic hydroxyl groups is 1. The summed E-state index contributed by atoms with van der Waals surface area (Å²) in [6, 6.07) is 12.3. The third kappa shape index (κ3) is 3.78. The molecule has 1 aromatic heterocycles. The highest BCUT2D eigenvalue weighted by molar-refractivity contribution is 6.05. The topological polar surface area (TPSA) is 75.2 Å². The van der Waals surface area contributed by atoms with Gasteiger partial charge >= 0.3 is 0 Å². The molecule has 0 unspecified atom stereocenters. The fourth-order valence-corrected chi connectivity index (χ4v) is 1.37. The van der Waals surface area contributed by atoms with E-state index in [-0.39, 0.29) is 5.70 Å². The largest absolute Gasteiger partial charge is 0.513 e. The lowest BCUT2D eigenvalue weighted by atomic mass is 10.2. The van der Waals surface area contributed by atoms with Crippen LogP contribution >= 0.6 is 0 Å². The van der Waals surface area contributed by atoms with Gasteiger partial charge in [0, 0.05) is 0 Å². The molecule has 2 aromatic rings. The van der Waals surface area contributed by atoms with Gasteiger partial charge in [0.1, 0.15) is 12.0 Å². The number of allylic oxidation sites excluding steroid dienone is 1. The van der Waals surface area contributed by atoms with Gasteiger partial charge in [0.15, 0.2) is 5.70 Å². The van der Waals surface area contributed by atoms with Crippen LogP contribution in [0.25, 0.3) is 6.08 Å². The minimum atomic E-state index is -0.469. The lowest BCUT2D eigenvalue weighted by Crippen LogP contribution is -1.95. The van der Waals surface area contributed by atoms with Crippen molar-refractivity contribution in [3.8, 4) is 0 Å². The Labute approximate surface area is 115 Å². The van der Waals surface area contributed by atoms with Gasteiger partial charge < -0.3 is 9.52 Å². The van der Waals surface area contributed by atoms with E-state index >= 15 is 0 Å². The highest BCUT2D eigenvalue weighted by Gasteiger charge is 2.05. The number of benzene rings is 1. The predicted octanol–water partition coefficient (Wildman–Crippen LogP) is 4.05. The zero-order chi connectivity index (χ0) is 14.2. The van der Waals surface area contributed by atoms with E-state index < -0.39 is 5.78 Å². The molecule has 0 saturated heterocycles. The SMILES string of the molecule is O=C(/C=C/c1ccco1)/C(=C\O)N=Nc1ccccc1. The van der Waals surface area contributed by atoms with Crippen LogP contribution in [0, 0.1) is 0 Å². The molecule has 5 heteroatoms. The second-order valence-corrected chi connectivity index (χ2v) is 3.76. The number of nitrogens with zero attached hydrogens (tertiary/aromatic N) is 2. The van der Waals surface area contributed by atoms with Gasteiger partial charge in [-0.3, -0.25) is 4.79 Å². The molecule has 5 nitrogen and oxygen atoms in total. The minimum absolute atomic E-state index is 0.156. The molecule has 0 spiro atoms. The molecule has 2 rings (SSSR count). The van der Waals surface area contributed by atoms with Gasteiger partial charge in [-0.05, 0) is 36.4 Å². The van der Waals surface area contributed by atoms with Gasteiger partial charge in [-0.25, -0.2) is 0 Å². The van der Waals surface area contributed by atoms with Crippen molar-refractivity contribution >= 4 is 17.5 Å². The zero-order valence-electron chi connectivity index (χ0n) is 10.5. The van der Waals surface area contributed by atoms with Crippen LogP contribution in [0.4, 0.5) is 5.69 Å². The monoisotopic (exact) mass is 268 g/mol. The smallest absolute Gasteiger partial charge is 0.209 e. The second kappa shape index (κ2) is 6.84. The Morgan fingerprint density at radius 3 is 2.60 bits per heavy atom. The van der Waals surface area contributed by atoms with Crippen molar-refractivity contribution in [3.63, 3.8) is 0 Å². The van der Waals surface area contributed by atoms with E-state index in [0.29, 0.717) is 17.7 Å². The normalized spacial score (nSPS) is 12.3. The van der Waals surface area contributed by atoms with Crippen LogP contribution in [0.3, 0.4) is 0 Å². The molecule has 0 aliphatic heterocycles. The van der Waals surface area contributed by atoms with E-state index in [0.717, 1.165) is 0 Å². The average Bonchev–Trinajstić information content (AvgIpc) is 3.00. The van der Waals surface area contributed by atoms with Crippen molar-refractivity contribution < 1.29 is 14.3 Å². The molecular formula is C15H12N2O3. The summed E-state index contributed by atoms with van der Waals surface area (Å²) in [5.74, 6) is 0.0687. The maximum absolute atomic E-state index is 11.8. The van der Waals surface area contributed by atoms with E-state index in [1.807, 2.05) is 6.07 Å². The Morgan fingerprint density at radius 1 is 1.15 bits per heavy atom. The van der Waals surface area contributed by atoms with Gasteiger partial charge in [0.05, 0.1) is 12.0 Å². The summed E-state index contributed by atoms with van der Waals surface area (Å²) in [5.41, 5.74) is 0.436. The number of aliphatic hydroxyl groups excluding tert-OH is 1. The van der Waals surface area contributed by atoms with Crippen LogP contribution in [0.2, 0.25) is 0 Å². The number of rotatable bonds is 5. The summed E-state index contributed by atoms with van der Waals surface area (Å²) in [6.07, 6.45) is 4.87. The first-order valence-corrected chi connectivity index (χ1v) is 5.86. The van der Waals surface area contributed by atoms with E-state index in [2.05, 4.69) is 10.2 Å². The van der Waals surface area contributed by atoms with Crippen LogP contribution in [0.1, 0.15) is 5.76 Å².